The molecule has 10 heteroatoms. The standard InChI is InChI=1S/C20H21N7O3/c1-4-30-19(29)17-12(3)21-20(23-17)22-15-9-10-16-24-25-18(27(16)26-15)11(2)13-5-7-14(28)8-6-13/h5-11,28H,4H2,1-3H3,(H2,21,22,23,26)/t11-/m0/s1. The van der Waals surface area contributed by atoms with Gasteiger partial charge in [-0.2, -0.15) is 4.52 Å². The van der Waals surface area contributed by atoms with Gasteiger partial charge >= 0.3 is 5.97 Å². The maximum absolute atomic E-state index is 12.0. The molecule has 154 valence electrons. The van der Waals surface area contributed by atoms with Crippen molar-refractivity contribution >= 4 is 23.4 Å². The number of H-pyrrole nitrogens is 1. The number of nitrogens with one attached hydrogen (secondary N) is 2. The van der Waals surface area contributed by atoms with Crippen molar-refractivity contribution in [2.45, 2.75) is 26.7 Å². The molecule has 1 atom stereocenters. The molecule has 0 aliphatic carbocycles. The lowest BCUT2D eigenvalue weighted by atomic mass is 10.0. The van der Waals surface area contributed by atoms with Crippen molar-refractivity contribution < 1.29 is 14.6 Å². The molecule has 4 aromatic rings. The lowest BCUT2D eigenvalue weighted by Gasteiger charge is -2.10. The summed E-state index contributed by atoms with van der Waals surface area (Å²) < 4.78 is 6.66. The number of rotatable bonds is 6. The number of aromatic nitrogens is 6. The van der Waals surface area contributed by atoms with Crippen LogP contribution >= 0.6 is 0 Å². The number of imidazole rings is 1. The summed E-state index contributed by atoms with van der Waals surface area (Å²) in [7, 11) is 0. The number of hydrogen-bond acceptors (Lipinski definition) is 8. The zero-order valence-corrected chi connectivity index (χ0v) is 16.7. The number of benzene rings is 1. The van der Waals surface area contributed by atoms with E-state index in [0.29, 0.717) is 28.9 Å². The first-order valence-electron chi connectivity index (χ1n) is 9.48. The van der Waals surface area contributed by atoms with E-state index in [4.69, 9.17) is 4.74 Å². The lowest BCUT2D eigenvalue weighted by Crippen LogP contribution is -2.07. The van der Waals surface area contributed by atoms with Gasteiger partial charge in [0.1, 0.15) is 5.75 Å². The van der Waals surface area contributed by atoms with Gasteiger partial charge in [-0.1, -0.05) is 19.1 Å². The first-order valence-corrected chi connectivity index (χ1v) is 9.48. The number of phenolic OH excluding ortho intramolecular Hbond substituents is 1. The van der Waals surface area contributed by atoms with E-state index >= 15 is 0 Å². The number of ether oxygens (including phenoxy) is 1. The van der Waals surface area contributed by atoms with Crippen molar-refractivity contribution in [2.24, 2.45) is 0 Å². The number of phenols is 1. The van der Waals surface area contributed by atoms with Crippen LogP contribution in [0.3, 0.4) is 0 Å². The number of carbonyl (C=O) groups excluding carboxylic acids is 1. The predicted molar refractivity (Wildman–Crippen MR) is 109 cm³/mol. The third-order valence-electron chi connectivity index (χ3n) is 4.67. The minimum atomic E-state index is -0.480. The molecule has 1 aromatic carbocycles. The van der Waals surface area contributed by atoms with Gasteiger partial charge in [0.2, 0.25) is 5.95 Å². The van der Waals surface area contributed by atoms with Crippen molar-refractivity contribution in [3.8, 4) is 5.75 Å². The Morgan fingerprint density at radius 1 is 1.23 bits per heavy atom. The van der Waals surface area contributed by atoms with Crippen LogP contribution < -0.4 is 5.32 Å². The van der Waals surface area contributed by atoms with E-state index in [9.17, 15) is 9.90 Å². The Hall–Kier alpha value is -3.95. The minimum absolute atomic E-state index is 0.0929. The molecule has 0 fully saturated rings. The summed E-state index contributed by atoms with van der Waals surface area (Å²) in [5.41, 5.74) is 2.40. The Morgan fingerprint density at radius 3 is 2.73 bits per heavy atom. The second-order valence-corrected chi connectivity index (χ2v) is 6.76. The maximum Gasteiger partial charge on any atom is 0.358 e. The molecule has 0 aliphatic rings. The van der Waals surface area contributed by atoms with Crippen LogP contribution in [0.2, 0.25) is 0 Å². The number of aromatic amines is 1. The fraction of sp³-hybridized carbons (Fsp3) is 0.250. The van der Waals surface area contributed by atoms with E-state index in [0.717, 1.165) is 5.56 Å². The van der Waals surface area contributed by atoms with Gasteiger partial charge in [-0.25, -0.2) is 9.78 Å². The summed E-state index contributed by atoms with van der Waals surface area (Å²) in [6.45, 7) is 5.76. The molecule has 3 heterocycles. The van der Waals surface area contributed by atoms with Crippen LogP contribution in [-0.2, 0) is 4.74 Å². The summed E-state index contributed by atoms with van der Waals surface area (Å²) in [5, 5.41) is 25.6. The Morgan fingerprint density at radius 2 is 2.00 bits per heavy atom. The van der Waals surface area contributed by atoms with Crippen molar-refractivity contribution in [3.05, 3.63) is 59.2 Å². The number of hydrogen-bond donors (Lipinski definition) is 3. The first kappa shape index (κ1) is 19.4. The summed E-state index contributed by atoms with van der Waals surface area (Å²) in [6.07, 6.45) is 0. The van der Waals surface area contributed by atoms with E-state index < -0.39 is 5.97 Å². The van der Waals surface area contributed by atoms with Crippen LogP contribution in [-0.4, -0.2) is 47.5 Å². The van der Waals surface area contributed by atoms with E-state index in [1.807, 2.05) is 19.1 Å². The third kappa shape index (κ3) is 3.66. The van der Waals surface area contributed by atoms with Crippen LogP contribution in [0.4, 0.5) is 11.8 Å². The first-order chi connectivity index (χ1) is 14.5. The van der Waals surface area contributed by atoms with Crippen LogP contribution in [0.25, 0.3) is 5.65 Å². The largest absolute Gasteiger partial charge is 0.508 e. The van der Waals surface area contributed by atoms with Gasteiger partial charge in [0.25, 0.3) is 0 Å². The number of aryl methyl sites for hydroxylation is 1. The van der Waals surface area contributed by atoms with Gasteiger partial charge in [-0.3, -0.25) is 0 Å². The van der Waals surface area contributed by atoms with Crippen LogP contribution in [0.5, 0.6) is 5.75 Å². The molecule has 3 aromatic heterocycles. The lowest BCUT2D eigenvalue weighted by molar-refractivity contribution is 0.0519. The Labute approximate surface area is 171 Å². The second kappa shape index (κ2) is 7.82. The van der Waals surface area contributed by atoms with Crippen molar-refractivity contribution in [3.63, 3.8) is 0 Å². The third-order valence-corrected chi connectivity index (χ3v) is 4.67. The number of esters is 1. The molecule has 0 spiro atoms. The second-order valence-electron chi connectivity index (χ2n) is 6.76. The topological polar surface area (TPSA) is 130 Å². The van der Waals surface area contributed by atoms with Gasteiger partial charge in [0.15, 0.2) is 23.0 Å². The predicted octanol–water partition coefficient (Wildman–Crippen LogP) is 2.93. The quantitative estimate of drug-likeness (QED) is 0.416. The van der Waals surface area contributed by atoms with Gasteiger partial charge in [-0.15, -0.1) is 15.3 Å². The molecule has 0 saturated heterocycles. The monoisotopic (exact) mass is 407 g/mol. The van der Waals surface area contributed by atoms with Crippen LogP contribution in [0.1, 0.15) is 47.3 Å². The number of nitrogens with zero attached hydrogens (tertiary/aromatic N) is 5. The van der Waals surface area contributed by atoms with Crippen molar-refractivity contribution in [1.82, 2.24) is 29.8 Å². The maximum atomic E-state index is 12.0. The van der Waals surface area contributed by atoms with E-state index in [-0.39, 0.29) is 24.0 Å². The Balaban J connectivity index is 1.62. The highest BCUT2D eigenvalue weighted by Gasteiger charge is 2.19. The molecule has 0 saturated carbocycles. The molecule has 0 radical (unpaired) electrons. The number of anilines is 2. The summed E-state index contributed by atoms with van der Waals surface area (Å²) in [6, 6.07) is 10.5. The van der Waals surface area contributed by atoms with E-state index in [1.54, 1.807) is 42.6 Å². The fourth-order valence-corrected chi connectivity index (χ4v) is 3.09. The van der Waals surface area contributed by atoms with Crippen LogP contribution in [0, 0.1) is 6.92 Å². The number of aromatic hydroxyl groups is 1. The van der Waals surface area contributed by atoms with Gasteiger partial charge in [-0.05, 0) is 43.7 Å². The average molecular weight is 407 g/mol. The number of carbonyl (C=O) groups is 1. The number of fused-ring (bicyclic) bond motifs is 1. The van der Waals surface area contributed by atoms with E-state index in [2.05, 4.69) is 30.6 Å². The molecule has 0 unspecified atom stereocenters. The average Bonchev–Trinajstić information content (AvgIpc) is 3.31. The minimum Gasteiger partial charge on any atom is -0.508 e. The molecular weight excluding hydrogens is 386 g/mol. The summed E-state index contributed by atoms with van der Waals surface area (Å²) >= 11 is 0. The normalized spacial score (nSPS) is 12.1. The smallest absolute Gasteiger partial charge is 0.358 e. The van der Waals surface area contributed by atoms with Gasteiger partial charge in [0, 0.05) is 11.6 Å². The summed E-state index contributed by atoms with van der Waals surface area (Å²) in [5.74, 6) is 1.17. The highest BCUT2D eigenvalue weighted by molar-refractivity contribution is 5.89. The van der Waals surface area contributed by atoms with Crippen molar-refractivity contribution in [1.29, 1.82) is 0 Å². The molecular formula is C20H21N7O3. The Bertz CT molecular complexity index is 1200. The molecule has 10 nitrogen and oxygen atoms in total. The molecule has 0 bridgehead atoms. The molecule has 4 rings (SSSR count). The SMILES string of the molecule is CCOC(=O)c1nc(Nc2ccc3nnc([C@@H](C)c4ccc(O)cc4)n3n2)[nH]c1C. The highest BCUT2D eigenvalue weighted by Crippen LogP contribution is 2.25. The zero-order valence-electron chi connectivity index (χ0n) is 16.7. The molecule has 0 aliphatic heterocycles. The zero-order chi connectivity index (χ0) is 21.3. The van der Waals surface area contributed by atoms with Gasteiger partial charge in [0.05, 0.1) is 6.61 Å². The van der Waals surface area contributed by atoms with E-state index in [1.165, 1.54) is 0 Å². The van der Waals surface area contributed by atoms with Gasteiger partial charge < -0.3 is 20.1 Å². The Kier molecular flexibility index (Phi) is 5.05. The molecule has 3 N–H and O–H groups in total. The van der Waals surface area contributed by atoms with Crippen molar-refractivity contribution in [2.75, 3.05) is 11.9 Å². The molecule has 30 heavy (non-hydrogen) atoms. The highest BCUT2D eigenvalue weighted by atomic mass is 16.5. The fourth-order valence-electron chi connectivity index (χ4n) is 3.09. The molecule has 0 amide bonds. The summed E-state index contributed by atoms with van der Waals surface area (Å²) in [4.78, 5) is 19.2. The van der Waals surface area contributed by atoms with Crippen LogP contribution in [0.15, 0.2) is 36.4 Å².